The Morgan fingerprint density at radius 2 is 2.20 bits per heavy atom. The monoisotopic (exact) mass is 225 g/mol. The van der Waals surface area contributed by atoms with E-state index in [0.717, 1.165) is 31.5 Å². The van der Waals surface area contributed by atoms with Crippen molar-refractivity contribution in [2.45, 2.75) is 25.8 Å². The highest BCUT2D eigenvalue weighted by Gasteiger charge is 2.29. The van der Waals surface area contributed by atoms with Crippen LogP contribution < -0.4 is 0 Å². The van der Waals surface area contributed by atoms with Crippen molar-refractivity contribution in [2.24, 2.45) is 0 Å². The molecule has 1 unspecified atom stereocenters. The molecule has 1 fully saturated rings. The number of thiophene rings is 1. The van der Waals surface area contributed by atoms with Crippen molar-refractivity contribution < 1.29 is 9.90 Å². The first-order valence-electron chi connectivity index (χ1n) is 5.20. The van der Waals surface area contributed by atoms with E-state index >= 15 is 0 Å². The van der Waals surface area contributed by atoms with E-state index in [-0.39, 0.29) is 0 Å². The standard InChI is InChI=1S/C11H15NO2S/c1-8-6-9(7-15-8)10(11(13)14)12-4-2-3-5-12/h6-7,10H,2-5H2,1H3,(H,13,14). The van der Waals surface area contributed by atoms with Crippen LogP contribution in [0.1, 0.15) is 29.3 Å². The number of aliphatic carboxylic acids is 1. The van der Waals surface area contributed by atoms with Crippen LogP contribution >= 0.6 is 11.3 Å². The fourth-order valence-electron chi connectivity index (χ4n) is 2.12. The van der Waals surface area contributed by atoms with Crippen molar-refractivity contribution >= 4 is 17.3 Å². The fourth-order valence-corrected chi connectivity index (χ4v) is 2.84. The van der Waals surface area contributed by atoms with Gasteiger partial charge in [0.15, 0.2) is 0 Å². The topological polar surface area (TPSA) is 40.5 Å². The Bertz CT molecular complexity index is 355. The van der Waals surface area contributed by atoms with Gasteiger partial charge in [0.25, 0.3) is 0 Å². The maximum Gasteiger partial charge on any atom is 0.325 e. The van der Waals surface area contributed by atoms with Gasteiger partial charge in [-0.15, -0.1) is 11.3 Å². The maximum atomic E-state index is 11.3. The van der Waals surface area contributed by atoms with Crippen molar-refractivity contribution in [3.63, 3.8) is 0 Å². The molecule has 1 aliphatic heterocycles. The highest BCUT2D eigenvalue weighted by Crippen LogP contribution is 2.28. The molecule has 0 spiro atoms. The average Bonchev–Trinajstić information content (AvgIpc) is 2.77. The Balaban J connectivity index is 2.22. The number of aryl methyl sites for hydroxylation is 1. The highest BCUT2D eigenvalue weighted by molar-refractivity contribution is 7.10. The van der Waals surface area contributed by atoms with E-state index in [0.29, 0.717) is 0 Å². The van der Waals surface area contributed by atoms with Crippen molar-refractivity contribution in [1.29, 1.82) is 0 Å². The molecule has 1 atom stereocenters. The molecule has 0 aliphatic carbocycles. The molecule has 1 aromatic heterocycles. The van der Waals surface area contributed by atoms with E-state index < -0.39 is 12.0 Å². The Morgan fingerprint density at radius 3 is 2.67 bits per heavy atom. The molecule has 2 heterocycles. The molecule has 82 valence electrons. The van der Waals surface area contributed by atoms with E-state index in [1.807, 2.05) is 18.4 Å². The molecule has 0 aromatic carbocycles. The quantitative estimate of drug-likeness (QED) is 0.858. The van der Waals surface area contributed by atoms with E-state index in [2.05, 4.69) is 4.90 Å². The van der Waals surface area contributed by atoms with E-state index in [9.17, 15) is 9.90 Å². The van der Waals surface area contributed by atoms with Gasteiger partial charge in [-0.1, -0.05) is 0 Å². The lowest BCUT2D eigenvalue weighted by molar-refractivity contribution is -0.143. The van der Waals surface area contributed by atoms with Crippen LogP contribution in [0.4, 0.5) is 0 Å². The number of carboxylic acid groups (broad SMARTS) is 1. The van der Waals surface area contributed by atoms with Crippen molar-refractivity contribution in [3.05, 3.63) is 21.9 Å². The second kappa shape index (κ2) is 4.33. The minimum atomic E-state index is -0.727. The molecule has 0 bridgehead atoms. The van der Waals surface area contributed by atoms with Gasteiger partial charge in [0, 0.05) is 4.88 Å². The Kier molecular flexibility index (Phi) is 3.07. The molecule has 0 amide bonds. The van der Waals surface area contributed by atoms with Gasteiger partial charge >= 0.3 is 5.97 Å². The zero-order valence-corrected chi connectivity index (χ0v) is 9.59. The predicted molar refractivity (Wildman–Crippen MR) is 60.2 cm³/mol. The molecule has 1 aliphatic rings. The minimum Gasteiger partial charge on any atom is -0.480 e. The Hall–Kier alpha value is -0.870. The maximum absolute atomic E-state index is 11.3. The fraction of sp³-hybridized carbons (Fsp3) is 0.545. The molecule has 0 saturated carbocycles. The van der Waals surface area contributed by atoms with Crippen LogP contribution in [0, 0.1) is 6.92 Å². The lowest BCUT2D eigenvalue weighted by atomic mass is 10.1. The van der Waals surface area contributed by atoms with Gasteiger partial charge in [-0.2, -0.15) is 0 Å². The predicted octanol–water partition coefficient (Wildman–Crippen LogP) is 2.28. The van der Waals surface area contributed by atoms with Crippen LogP contribution in [0.3, 0.4) is 0 Å². The van der Waals surface area contributed by atoms with Gasteiger partial charge in [-0.25, -0.2) is 0 Å². The first kappa shape index (κ1) is 10.6. The summed E-state index contributed by atoms with van der Waals surface area (Å²) in [5, 5.41) is 11.2. The van der Waals surface area contributed by atoms with Crippen LogP contribution in [0.5, 0.6) is 0 Å². The summed E-state index contributed by atoms with van der Waals surface area (Å²) in [5.74, 6) is -0.727. The lowest BCUT2D eigenvalue weighted by Gasteiger charge is -2.22. The normalized spacial score (nSPS) is 19.3. The van der Waals surface area contributed by atoms with E-state index in [1.54, 1.807) is 11.3 Å². The molecule has 1 N–H and O–H groups in total. The van der Waals surface area contributed by atoms with Crippen LogP contribution in [-0.2, 0) is 4.79 Å². The van der Waals surface area contributed by atoms with E-state index in [4.69, 9.17) is 0 Å². The summed E-state index contributed by atoms with van der Waals surface area (Å²) in [6.07, 6.45) is 2.24. The number of carbonyl (C=O) groups is 1. The van der Waals surface area contributed by atoms with E-state index in [1.165, 1.54) is 4.88 Å². The second-order valence-electron chi connectivity index (χ2n) is 3.97. The summed E-state index contributed by atoms with van der Waals surface area (Å²) in [5.41, 5.74) is 0.937. The Morgan fingerprint density at radius 1 is 1.53 bits per heavy atom. The minimum absolute atomic E-state index is 0.433. The van der Waals surface area contributed by atoms with Crippen molar-refractivity contribution in [2.75, 3.05) is 13.1 Å². The SMILES string of the molecule is Cc1cc(C(C(=O)O)N2CCCC2)cs1. The van der Waals surface area contributed by atoms with Gasteiger partial charge in [0.1, 0.15) is 6.04 Å². The number of rotatable bonds is 3. The smallest absolute Gasteiger partial charge is 0.325 e. The summed E-state index contributed by atoms with van der Waals surface area (Å²) in [7, 11) is 0. The average molecular weight is 225 g/mol. The first-order valence-corrected chi connectivity index (χ1v) is 6.08. The number of hydrogen-bond donors (Lipinski definition) is 1. The number of hydrogen-bond acceptors (Lipinski definition) is 3. The second-order valence-corrected chi connectivity index (χ2v) is 5.09. The van der Waals surface area contributed by atoms with Crippen LogP contribution in [-0.4, -0.2) is 29.1 Å². The zero-order chi connectivity index (χ0) is 10.8. The molecule has 1 saturated heterocycles. The number of carboxylic acids is 1. The van der Waals surface area contributed by atoms with Crippen LogP contribution in [0.15, 0.2) is 11.4 Å². The largest absolute Gasteiger partial charge is 0.480 e. The molecule has 1 aromatic rings. The lowest BCUT2D eigenvalue weighted by Crippen LogP contribution is -2.31. The van der Waals surface area contributed by atoms with Gasteiger partial charge in [-0.3, -0.25) is 9.69 Å². The van der Waals surface area contributed by atoms with Crippen molar-refractivity contribution in [3.8, 4) is 0 Å². The highest BCUT2D eigenvalue weighted by atomic mass is 32.1. The summed E-state index contributed by atoms with van der Waals surface area (Å²) >= 11 is 1.62. The zero-order valence-electron chi connectivity index (χ0n) is 8.77. The third kappa shape index (κ3) is 2.21. The molecular weight excluding hydrogens is 210 g/mol. The third-order valence-corrected chi connectivity index (χ3v) is 3.69. The van der Waals surface area contributed by atoms with Gasteiger partial charge in [0.05, 0.1) is 0 Å². The third-order valence-electron chi connectivity index (χ3n) is 2.81. The molecule has 0 radical (unpaired) electrons. The van der Waals surface area contributed by atoms with Crippen molar-refractivity contribution in [1.82, 2.24) is 4.90 Å². The summed E-state index contributed by atoms with van der Waals surface area (Å²) in [4.78, 5) is 14.5. The molecule has 2 rings (SSSR count). The summed E-state index contributed by atoms with van der Waals surface area (Å²) < 4.78 is 0. The van der Waals surface area contributed by atoms with Gasteiger partial charge in [-0.05, 0) is 49.9 Å². The van der Waals surface area contributed by atoms with Gasteiger partial charge < -0.3 is 5.11 Å². The first-order chi connectivity index (χ1) is 7.18. The molecular formula is C11H15NO2S. The number of likely N-dealkylation sites (tertiary alicyclic amines) is 1. The summed E-state index contributed by atoms with van der Waals surface area (Å²) in [6.45, 7) is 3.83. The van der Waals surface area contributed by atoms with Crippen LogP contribution in [0.25, 0.3) is 0 Å². The molecule has 3 nitrogen and oxygen atoms in total. The molecule has 15 heavy (non-hydrogen) atoms. The number of nitrogens with zero attached hydrogens (tertiary/aromatic N) is 1. The summed E-state index contributed by atoms with van der Waals surface area (Å²) in [6, 6.07) is 1.55. The Labute approximate surface area is 93.3 Å². The van der Waals surface area contributed by atoms with Crippen LogP contribution in [0.2, 0.25) is 0 Å². The van der Waals surface area contributed by atoms with Gasteiger partial charge in [0.2, 0.25) is 0 Å². The molecule has 4 heteroatoms.